The van der Waals surface area contributed by atoms with Crippen LogP contribution in [-0.4, -0.2) is 29.9 Å². The molecule has 1 heterocycles. The zero-order chi connectivity index (χ0) is 17.0. The number of aryl methyl sites for hydroxylation is 2. The number of nitrogens with zero attached hydrogens (tertiary/aromatic N) is 2. The molecule has 0 saturated carbocycles. The lowest BCUT2D eigenvalue weighted by Gasteiger charge is -2.15. The number of nitrogens with one attached hydrogen (secondary N) is 1. The Kier molecular flexibility index (Phi) is 5.26. The topological polar surface area (TPSA) is 65.4 Å². The second kappa shape index (κ2) is 7.17. The molecule has 1 amide bonds. The van der Waals surface area contributed by atoms with E-state index in [-0.39, 0.29) is 11.9 Å². The summed E-state index contributed by atoms with van der Waals surface area (Å²) in [4.78, 5) is 12.3. The zero-order valence-corrected chi connectivity index (χ0v) is 14.2. The summed E-state index contributed by atoms with van der Waals surface area (Å²) in [5, 5.41) is 7.30. The number of rotatable bonds is 6. The van der Waals surface area contributed by atoms with Gasteiger partial charge in [0.1, 0.15) is 11.5 Å². The van der Waals surface area contributed by atoms with Crippen molar-refractivity contribution in [3.8, 4) is 11.5 Å². The van der Waals surface area contributed by atoms with Gasteiger partial charge >= 0.3 is 0 Å². The lowest BCUT2D eigenvalue weighted by Crippen LogP contribution is -2.19. The summed E-state index contributed by atoms with van der Waals surface area (Å²) in [5.41, 5.74) is 2.62. The van der Waals surface area contributed by atoms with Gasteiger partial charge in [-0.25, -0.2) is 0 Å². The second-order valence-electron chi connectivity index (χ2n) is 5.54. The molecule has 0 spiro atoms. The fourth-order valence-corrected chi connectivity index (χ4v) is 2.55. The summed E-state index contributed by atoms with van der Waals surface area (Å²) in [7, 11) is 3.14. The Balaban J connectivity index is 2.06. The minimum atomic E-state index is -0.0893. The van der Waals surface area contributed by atoms with Crippen molar-refractivity contribution in [1.29, 1.82) is 0 Å². The molecule has 6 heteroatoms. The summed E-state index contributed by atoms with van der Waals surface area (Å²) in [5.74, 6) is 1.15. The van der Waals surface area contributed by atoms with E-state index in [1.807, 2.05) is 31.5 Å². The molecular formula is C17H23N3O3. The van der Waals surface area contributed by atoms with Crippen molar-refractivity contribution in [2.75, 3.05) is 19.5 Å². The normalized spacial score (nSPS) is 11.9. The van der Waals surface area contributed by atoms with Crippen LogP contribution < -0.4 is 14.8 Å². The van der Waals surface area contributed by atoms with Gasteiger partial charge in [0.2, 0.25) is 5.91 Å². The molecule has 2 rings (SSSR count). The number of benzene rings is 1. The fourth-order valence-electron chi connectivity index (χ4n) is 2.55. The van der Waals surface area contributed by atoms with E-state index in [2.05, 4.69) is 10.4 Å². The SMILES string of the molecule is COc1ccc(NC(=O)CC(C)n2nc(C)cc2C)c(OC)c1. The van der Waals surface area contributed by atoms with Crippen molar-refractivity contribution in [3.63, 3.8) is 0 Å². The molecule has 0 aliphatic heterocycles. The van der Waals surface area contributed by atoms with E-state index in [1.54, 1.807) is 32.4 Å². The van der Waals surface area contributed by atoms with Crippen LogP contribution in [0.25, 0.3) is 0 Å². The third-order valence-corrected chi connectivity index (χ3v) is 3.63. The van der Waals surface area contributed by atoms with E-state index in [1.165, 1.54) is 0 Å². The quantitative estimate of drug-likeness (QED) is 0.889. The summed E-state index contributed by atoms with van der Waals surface area (Å²) in [6.07, 6.45) is 0.330. The first kappa shape index (κ1) is 16.9. The van der Waals surface area contributed by atoms with Crippen molar-refractivity contribution in [2.24, 2.45) is 0 Å². The van der Waals surface area contributed by atoms with Crippen molar-refractivity contribution in [1.82, 2.24) is 9.78 Å². The molecule has 1 atom stereocenters. The minimum Gasteiger partial charge on any atom is -0.497 e. The van der Waals surface area contributed by atoms with E-state index in [0.717, 1.165) is 11.4 Å². The molecule has 0 aliphatic rings. The van der Waals surface area contributed by atoms with E-state index in [0.29, 0.717) is 23.6 Å². The van der Waals surface area contributed by atoms with E-state index in [9.17, 15) is 4.79 Å². The highest BCUT2D eigenvalue weighted by atomic mass is 16.5. The van der Waals surface area contributed by atoms with Gasteiger partial charge in [-0.3, -0.25) is 9.48 Å². The molecule has 1 aromatic heterocycles. The first-order chi connectivity index (χ1) is 10.9. The highest BCUT2D eigenvalue weighted by Crippen LogP contribution is 2.29. The number of carbonyl (C=O) groups excluding carboxylic acids is 1. The van der Waals surface area contributed by atoms with Crippen LogP contribution in [0.1, 0.15) is 30.8 Å². The van der Waals surface area contributed by atoms with Crippen molar-refractivity contribution in [3.05, 3.63) is 35.7 Å². The molecule has 1 N–H and O–H groups in total. The Morgan fingerprint density at radius 1 is 1.26 bits per heavy atom. The average Bonchev–Trinajstić information content (AvgIpc) is 2.86. The Morgan fingerprint density at radius 2 is 2.00 bits per heavy atom. The predicted octanol–water partition coefficient (Wildman–Crippen LogP) is 3.11. The molecular weight excluding hydrogens is 294 g/mol. The maximum Gasteiger partial charge on any atom is 0.226 e. The summed E-state index contributed by atoms with van der Waals surface area (Å²) in [6.45, 7) is 5.91. The molecule has 6 nitrogen and oxygen atoms in total. The zero-order valence-electron chi connectivity index (χ0n) is 14.2. The van der Waals surface area contributed by atoms with Gasteiger partial charge in [0.15, 0.2) is 0 Å². The number of amides is 1. The second-order valence-corrected chi connectivity index (χ2v) is 5.54. The summed E-state index contributed by atoms with van der Waals surface area (Å²) < 4.78 is 12.3. The number of hydrogen-bond acceptors (Lipinski definition) is 4. The van der Waals surface area contributed by atoms with Crippen LogP contribution in [0.3, 0.4) is 0 Å². The molecule has 0 saturated heterocycles. The van der Waals surface area contributed by atoms with Crippen LogP contribution in [0.15, 0.2) is 24.3 Å². The van der Waals surface area contributed by atoms with Crippen LogP contribution in [0.2, 0.25) is 0 Å². The van der Waals surface area contributed by atoms with Gasteiger partial charge in [-0.1, -0.05) is 0 Å². The van der Waals surface area contributed by atoms with Gasteiger partial charge in [0.25, 0.3) is 0 Å². The van der Waals surface area contributed by atoms with Crippen molar-refractivity contribution in [2.45, 2.75) is 33.2 Å². The molecule has 2 aromatic rings. The van der Waals surface area contributed by atoms with Crippen LogP contribution in [0.5, 0.6) is 11.5 Å². The third-order valence-electron chi connectivity index (χ3n) is 3.63. The van der Waals surface area contributed by atoms with Gasteiger partial charge in [-0.2, -0.15) is 5.10 Å². The maximum atomic E-state index is 12.3. The number of hydrogen-bond donors (Lipinski definition) is 1. The largest absolute Gasteiger partial charge is 0.497 e. The molecule has 1 unspecified atom stereocenters. The maximum absolute atomic E-state index is 12.3. The standard InChI is InChI=1S/C17H23N3O3/c1-11-8-12(2)20(19-11)13(3)9-17(21)18-15-7-6-14(22-4)10-16(15)23-5/h6-8,10,13H,9H2,1-5H3,(H,18,21). The van der Waals surface area contributed by atoms with Gasteiger partial charge in [-0.05, 0) is 39.0 Å². The first-order valence-electron chi connectivity index (χ1n) is 7.49. The molecule has 0 fully saturated rings. The third kappa shape index (κ3) is 4.03. The van der Waals surface area contributed by atoms with Gasteiger partial charge in [-0.15, -0.1) is 0 Å². The van der Waals surface area contributed by atoms with Gasteiger partial charge in [0.05, 0.1) is 31.6 Å². The first-order valence-corrected chi connectivity index (χ1v) is 7.49. The molecule has 1 aromatic carbocycles. The number of anilines is 1. The van der Waals surface area contributed by atoms with E-state index < -0.39 is 0 Å². The Labute approximate surface area is 136 Å². The molecule has 0 aliphatic carbocycles. The molecule has 0 bridgehead atoms. The number of carbonyl (C=O) groups is 1. The van der Waals surface area contributed by atoms with Crippen molar-refractivity contribution >= 4 is 11.6 Å². The molecule has 124 valence electrons. The Morgan fingerprint density at radius 3 is 2.57 bits per heavy atom. The minimum absolute atomic E-state index is 0.0204. The Bertz CT molecular complexity index is 694. The monoisotopic (exact) mass is 317 g/mol. The number of ether oxygens (including phenoxy) is 2. The lowest BCUT2D eigenvalue weighted by atomic mass is 10.2. The lowest BCUT2D eigenvalue weighted by molar-refractivity contribution is -0.116. The van der Waals surface area contributed by atoms with Gasteiger partial charge in [0, 0.05) is 18.2 Å². The smallest absolute Gasteiger partial charge is 0.226 e. The number of aromatic nitrogens is 2. The predicted molar refractivity (Wildman–Crippen MR) is 89.2 cm³/mol. The number of methoxy groups -OCH3 is 2. The summed E-state index contributed by atoms with van der Waals surface area (Å²) >= 11 is 0. The van der Waals surface area contributed by atoms with E-state index >= 15 is 0 Å². The highest BCUT2D eigenvalue weighted by Gasteiger charge is 2.15. The molecule has 23 heavy (non-hydrogen) atoms. The van der Waals surface area contributed by atoms with Crippen LogP contribution >= 0.6 is 0 Å². The molecule has 0 radical (unpaired) electrons. The average molecular weight is 317 g/mol. The fraction of sp³-hybridized carbons (Fsp3) is 0.412. The highest BCUT2D eigenvalue weighted by molar-refractivity contribution is 5.92. The van der Waals surface area contributed by atoms with Crippen molar-refractivity contribution < 1.29 is 14.3 Å². The summed E-state index contributed by atoms with van der Waals surface area (Å²) in [6, 6.07) is 7.26. The van der Waals surface area contributed by atoms with Crippen LogP contribution in [0.4, 0.5) is 5.69 Å². The van der Waals surface area contributed by atoms with Gasteiger partial charge < -0.3 is 14.8 Å². The van der Waals surface area contributed by atoms with E-state index in [4.69, 9.17) is 9.47 Å². The van der Waals surface area contributed by atoms with Crippen LogP contribution in [0, 0.1) is 13.8 Å². The Hall–Kier alpha value is -2.50. The van der Waals surface area contributed by atoms with Crippen LogP contribution in [-0.2, 0) is 4.79 Å².